The number of allylic oxidation sites excluding steroid dienone is 2. The Hall–Kier alpha value is -0.670. The monoisotopic (exact) mass is 265 g/mol. The first kappa shape index (κ1) is 16.4. The predicted octanol–water partition coefficient (Wildman–Crippen LogP) is 3.70. The molecule has 0 spiro atoms. The standard InChI is InChI=1S/C16H31N3/c1-3-4-5-6-7-8-9-10-11-12-16-18-13-14-19(16)15(2)17/h3-4,13,15-16H,5-12,14,17H2,1-2H3/b4-3+. The van der Waals surface area contributed by atoms with Crippen molar-refractivity contribution in [1.82, 2.24) is 4.90 Å². The number of aliphatic imine (C=N–C) groups is 1. The molecule has 0 saturated heterocycles. The lowest BCUT2D eigenvalue weighted by atomic mass is 10.1. The van der Waals surface area contributed by atoms with Crippen LogP contribution in [0.3, 0.4) is 0 Å². The molecule has 0 saturated carbocycles. The zero-order valence-corrected chi connectivity index (χ0v) is 12.7. The van der Waals surface area contributed by atoms with Crippen molar-refractivity contribution >= 4 is 6.21 Å². The molecule has 0 amide bonds. The third kappa shape index (κ3) is 6.88. The van der Waals surface area contributed by atoms with Gasteiger partial charge in [-0.3, -0.25) is 9.89 Å². The van der Waals surface area contributed by atoms with E-state index in [4.69, 9.17) is 5.73 Å². The van der Waals surface area contributed by atoms with Crippen LogP contribution in [0.15, 0.2) is 17.1 Å². The molecule has 2 atom stereocenters. The van der Waals surface area contributed by atoms with E-state index in [1.807, 2.05) is 13.1 Å². The highest BCUT2D eigenvalue weighted by Gasteiger charge is 2.22. The van der Waals surface area contributed by atoms with Crippen LogP contribution in [0.5, 0.6) is 0 Å². The van der Waals surface area contributed by atoms with Crippen LogP contribution in [0, 0.1) is 0 Å². The molecule has 0 aromatic heterocycles. The van der Waals surface area contributed by atoms with Crippen molar-refractivity contribution in [3.8, 4) is 0 Å². The van der Waals surface area contributed by atoms with Crippen LogP contribution in [0.2, 0.25) is 0 Å². The lowest BCUT2D eigenvalue weighted by molar-refractivity contribution is 0.182. The minimum Gasteiger partial charge on any atom is -0.316 e. The molecule has 2 N–H and O–H groups in total. The Balaban J connectivity index is 1.94. The summed E-state index contributed by atoms with van der Waals surface area (Å²) in [6.07, 6.45) is 17.4. The first-order chi connectivity index (χ1) is 9.25. The van der Waals surface area contributed by atoms with Gasteiger partial charge in [0.05, 0.1) is 6.17 Å². The summed E-state index contributed by atoms with van der Waals surface area (Å²) in [7, 11) is 0. The zero-order valence-electron chi connectivity index (χ0n) is 12.7. The molecule has 1 aliphatic heterocycles. The summed E-state index contributed by atoms with van der Waals surface area (Å²) in [5.41, 5.74) is 5.94. The molecular formula is C16H31N3. The maximum absolute atomic E-state index is 5.94. The topological polar surface area (TPSA) is 41.6 Å². The Morgan fingerprint density at radius 1 is 1.26 bits per heavy atom. The smallest absolute Gasteiger partial charge is 0.103 e. The molecule has 0 aliphatic carbocycles. The average molecular weight is 265 g/mol. The molecule has 1 rings (SSSR count). The van der Waals surface area contributed by atoms with E-state index in [2.05, 4.69) is 29.0 Å². The van der Waals surface area contributed by atoms with Gasteiger partial charge in [-0.1, -0.05) is 37.8 Å². The van der Waals surface area contributed by atoms with E-state index in [0.717, 1.165) is 13.0 Å². The summed E-state index contributed by atoms with van der Waals surface area (Å²) in [6, 6.07) is 0. The van der Waals surface area contributed by atoms with Crippen LogP contribution in [-0.4, -0.2) is 30.0 Å². The van der Waals surface area contributed by atoms with Crippen molar-refractivity contribution in [2.45, 2.75) is 77.5 Å². The number of unbranched alkanes of at least 4 members (excludes halogenated alkanes) is 6. The van der Waals surface area contributed by atoms with Gasteiger partial charge in [-0.25, -0.2) is 0 Å². The van der Waals surface area contributed by atoms with E-state index in [0.29, 0.717) is 6.17 Å². The number of nitrogens with two attached hydrogens (primary N) is 1. The van der Waals surface area contributed by atoms with Gasteiger partial charge >= 0.3 is 0 Å². The summed E-state index contributed by atoms with van der Waals surface area (Å²) in [6.45, 7) is 5.07. The summed E-state index contributed by atoms with van der Waals surface area (Å²) < 4.78 is 0. The molecule has 3 nitrogen and oxygen atoms in total. The van der Waals surface area contributed by atoms with Crippen LogP contribution < -0.4 is 5.73 Å². The maximum atomic E-state index is 5.94. The Bertz CT molecular complexity index is 271. The summed E-state index contributed by atoms with van der Waals surface area (Å²) in [5, 5.41) is 0. The second-order valence-corrected chi connectivity index (χ2v) is 5.52. The van der Waals surface area contributed by atoms with Gasteiger partial charge in [0.1, 0.15) is 6.17 Å². The Morgan fingerprint density at radius 2 is 1.95 bits per heavy atom. The molecule has 2 unspecified atom stereocenters. The van der Waals surface area contributed by atoms with Gasteiger partial charge in [0.15, 0.2) is 0 Å². The van der Waals surface area contributed by atoms with Gasteiger partial charge in [0, 0.05) is 12.8 Å². The average Bonchev–Trinajstić information content (AvgIpc) is 2.85. The van der Waals surface area contributed by atoms with Gasteiger partial charge in [-0.05, 0) is 39.5 Å². The molecule has 0 bridgehead atoms. The number of rotatable bonds is 10. The minimum atomic E-state index is 0.124. The molecule has 110 valence electrons. The molecule has 19 heavy (non-hydrogen) atoms. The Labute approximate surface area is 119 Å². The predicted molar refractivity (Wildman–Crippen MR) is 84.4 cm³/mol. The van der Waals surface area contributed by atoms with Crippen molar-refractivity contribution in [3.05, 3.63) is 12.2 Å². The van der Waals surface area contributed by atoms with Crippen molar-refractivity contribution < 1.29 is 0 Å². The van der Waals surface area contributed by atoms with Gasteiger partial charge in [0.2, 0.25) is 0 Å². The van der Waals surface area contributed by atoms with E-state index in [-0.39, 0.29) is 6.17 Å². The van der Waals surface area contributed by atoms with Crippen molar-refractivity contribution in [2.24, 2.45) is 10.7 Å². The number of hydrogen-bond acceptors (Lipinski definition) is 3. The van der Waals surface area contributed by atoms with Gasteiger partial charge in [-0.2, -0.15) is 0 Å². The maximum Gasteiger partial charge on any atom is 0.103 e. The van der Waals surface area contributed by atoms with Crippen LogP contribution in [0.1, 0.15) is 65.2 Å². The highest BCUT2D eigenvalue weighted by Crippen LogP contribution is 2.17. The Kier molecular flexibility index (Phi) is 8.76. The molecule has 3 heteroatoms. The minimum absolute atomic E-state index is 0.124. The van der Waals surface area contributed by atoms with Crippen molar-refractivity contribution in [2.75, 3.05) is 6.54 Å². The van der Waals surface area contributed by atoms with E-state index < -0.39 is 0 Å². The lowest BCUT2D eigenvalue weighted by Crippen LogP contribution is -2.43. The van der Waals surface area contributed by atoms with Crippen molar-refractivity contribution in [1.29, 1.82) is 0 Å². The summed E-state index contributed by atoms with van der Waals surface area (Å²) >= 11 is 0. The van der Waals surface area contributed by atoms with Crippen LogP contribution in [-0.2, 0) is 0 Å². The molecule has 0 fully saturated rings. The fourth-order valence-electron chi connectivity index (χ4n) is 2.61. The SMILES string of the molecule is C/C=C/CCCCCCCCC1N=CCN1C(C)N. The van der Waals surface area contributed by atoms with Gasteiger partial charge < -0.3 is 5.73 Å². The van der Waals surface area contributed by atoms with Crippen LogP contribution in [0.25, 0.3) is 0 Å². The first-order valence-electron chi connectivity index (χ1n) is 7.90. The molecule has 0 aromatic carbocycles. The lowest BCUT2D eigenvalue weighted by Gasteiger charge is -2.26. The van der Waals surface area contributed by atoms with Gasteiger partial charge in [-0.15, -0.1) is 0 Å². The molecule has 0 radical (unpaired) electrons. The zero-order chi connectivity index (χ0) is 13.9. The molecule has 0 aromatic rings. The fraction of sp³-hybridized carbons (Fsp3) is 0.812. The van der Waals surface area contributed by atoms with E-state index in [9.17, 15) is 0 Å². The molecular weight excluding hydrogens is 234 g/mol. The Morgan fingerprint density at radius 3 is 2.63 bits per heavy atom. The van der Waals surface area contributed by atoms with Crippen molar-refractivity contribution in [3.63, 3.8) is 0 Å². The summed E-state index contributed by atoms with van der Waals surface area (Å²) in [4.78, 5) is 6.79. The first-order valence-corrected chi connectivity index (χ1v) is 7.90. The highest BCUT2D eigenvalue weighted by molar-refractivity contribution is 5.62. The van der Waals surface area contributed by atoms with Crippen LogP contribution >= 0.6 is 0 Å². The molecule has 1 aliphatic rings. The quantitative estimate of drug-likeness (QED) is 0.483. The second kappa shape index (κ2) is 10.2. The van der Waals surface area contributed by atoms with Gasteiger partial charge in [0.25, 0.3) is 0 Å². The third-order valence-corrected chi connectivity index (χ3v) is 3.79. The second-order valence-electron chi connectivity index (χ2n) is 5.52. The molecule has 1 heterocycles. The van der Waals surface area contributed by atoms with E-state index >= 15 is 0 Å². The third-order valence-electron chi connectivity index (χ3n) is 3.79. The highest BCUT2D eigenvalue weighted by atomic mass is 15.3. The summed E-state index contributed by atoms with van der Waals surface area (Å²) in [5.74, 6) is 0. The number of nitrogens with zero attached hydrogens (tertiary/aromatic N) is 2. The normalized spacial score (nSPS) is 21.5. The largest absolute Gasteiger partial charge is 0.316 e. The van der Waals surface area contributed by atoms with Crippen LogP contribution in [0.4, 0.5) is 0 Å². The number of hydrogen-bond donors (Lipinski definition) is 1. The van der Waals surface area contributed by atoms with E-state index in [1.165, 1.54) is 44.9 Å². The van der Waals surface area contributed by atoms with E-state index in [1.54, 1.807) is 0 Å². The fourth-order valence-corrected chi connectivity index (χ4v) is 2.61.